The lowest BCUT2D eigenvalue weighted by atomic mass is 10.1. The van der Waals surface area contributed by atoms with Crippen LogP contribution in [0.15, 0.2) is 12.1 Å². The molecule has 106 valence electrons. The highest BCUT2D eigenvalue weighted by atomic mass is 19.1. The molecular weight excluding hydrogens is 248 g/mol. The Labute approximate surface area is 113 Å². The first-order valence-corrected chi connectivity index (χ1v) is 6.94. The van der Waals surface area contributed by atoms with Gasteiger partial charge in [-0.2, -0.15) is 0 Å². The van der Waals surface area contributed by atoms with Gasteiger partial charge in [-0.25, -0.2) is 8.78 Å². The maximum Gasteiger partial charge on any atom is 0.190 e. The maximum atomic E-state index is 13.8. The minimum absolute atomic E-state index is 0.254. The molecule has 1 unspecified atom stereocenters. The summed E-state index contributed by atoms with van der Waals surface area (Å²) in [5.41, 5.74) is 0.623. The van der Waals surface area contributed by atoms with Crippen molar-refractivity contribution in [3.05, 3.63) is 29.3 Å². The number of nitrogens with one attached hydrogen (secondary N) is 1. The zero-order valence-electron chi connectivity index (χ0n) is 11.5. The number of rotatable bonds is 7. The maximum absolute atomic E-state index is 13.8. The van der Waals surface area contributed by atoms with Gasteiger partial charge in [0.05, 0.1) is 6.61 Å². The normalized spacial score (nSPS) is 16.4. The predicted molar refractivity (Wildman–Crippen MR) is 71.2 cm³/mol. The second-order valence-corrected chi connectivity index (χ2v) is 5.37. The summed E-state index contributed by atoms with van der Waals surface area (Å²) >= 11 is 0. The monoisotopic (exact) mass is 269 g/mol. The van der Waals surface area contributed by atoms with Crippen molar-refractivity contribution in [2.24, 2.45) is 5.92 Å². The van der Waals surface area contributed by atoms with Gasteiger partial charge in [-0.05, 0) is 36.5 Å². The van der Waals surface area contributed by atoms with Crippen LogP contribution in [-0.2, 0) is 6.54 Å². The van der Waals surface area contributed by atoms with Crippen molar-refractivity contribution in [2.45, 2.75) is 45.7 Å². The van der Waals surface area contributed by atoms with Crippen LogP contribution in [0, 0.1) is 17.6 Å². The van der Waals surface area contributed by atoms with Crippen LogP contribution in [0.5, 0.6) is 5.75 Å². The first-order valence-electron chi connectivity index (χ1n) is 6.94. The zero-order chi connectivity index (χ0) is 13.8. The predicted octanol–water partition coefficient (Wildman–Crippen LogP) is 3.64. The smallest absolute Gasteiger partial charge is 0.190 e. The van der Waals surface area contributed by atoms with Crippen molar-refractivity contribution in [3.63, 3.8) is 0 Å². The molecular formula is C15H21F2NO. The second-order valence-electron chi connectivity index (χ2n) is 5.37. The van der Waals surface area contributed by atoms with Crippen LogP contribution in [0.4, 0.5) is 8.78 Å². The summed E-state index contributed by atoms with van der Waals surface area (Å²) in [5, 5.41) is 3.23. The third kappa shape index (κ3) is 4.16. The lowest BCUT2D eigenvalue weighted by molar-refractivity contribution is 0.235. The Morgan fingerprint density at radius 3 is 2.47 bits per heavy atom. The molecule has 0 amide bonds. The van der Waals surface area contributed by atoms with Gasteiger partial charge in [0.25, 0.3) is 0 Å². The van der Waals surface area contributed by atoms with Crippen molar-refractivity contribution < 1.29 is 13.5 Å². The third-order valence-electron chi connectivity index (χ3n) is 3.44. The topological polar surface area (TPSA) is 21.3 Å². The molecule has 1 aromatic carbocycles. The lowest BCUT2D eigenvalue weighted by Crippen LogP contribution is -2.16. The third-order valence-corrected chi connectivity index (χ3v) is 3.44. The van der Waals surface area contributed by atoms with Crippen molar-refractivity contribution >= 4 is 0 Å². The van der Waals surface area contributed by atoms with E-state index in [4.69, 9.17) is 4.74 Å². The van der Waals surface area contributed by atoms with Gasteiger partial charge in [0.1, 0.15) is 0 Å². The average Bonchev–Trinajstić information content (AvgIpc) is 3.19. The summed E-state index contributed by atoms with van der Waals surface area (Å²) < 4.78 is 32.9. The molecule has 1 aliphatic rings. The number of ether oxygens (including phenoxy) is 1. The van der Waals surface area contributed by atoms with E-state index < -0.39 is 11.6 Å². The van der Waals surface area contributed by atoms with Crippen molar-refractivity contribution in [3.8, 4) is 5.75 Å². The summed E-state index contributed by atoms with van der Waals surface area (Å²) in [6, 6.07) is 3.22. The Morgan fingerprint density at radius 1 is 1.32 bits per heavy atom. The molecule has 2 rings (SSSR count). The van der Waals surface area contributed by atoms with Gasteiger partial charge < -0.3 is 10.1 Å². The minimum atomic E-state index is -0.615. The molecule has 1 aliphatic carbocycles. The van der Waals surface area contributed by atoms with E-state index in [9.17, 15) is 8.78 Å². The molecule has 2 nitrogen and oxygen atoms in total. The van der Waals surface area contributed by atoms with Crippen LogP contribution >= 0.6 is 0 Å². The summed E-state index contributed by atoms with van der Waals surface area (Å²) in [7, 11) is 0. The fourth-order valence-electron chi connectivity index (χ4n) is 1.75. The van der Waals surface area contributed by atoms with Crippen LogP contribution < -0.4 is 10.1 Å². The van der Waals surface area contributed by atoms with E-state index in [1.54, 1.807) is 0 Å². The molecule has 1 atom stereocenters. The molecule has 1 N–H and O–H groups in total. The van der Waals surface area contributed by atoms with E-state index in [1.807, 2.05) is 13.8 Å². The quantitative estimate of drug-likeness (QED) is 0.816. The average molecular weight is 269 g/mol. The molecule has 0 radical (unpaired) electrons. The highest BCUT2D eigenvalue weighted by Gasteiger charge is 2.21. The molecule has 0 bridgehead atoms. The Balaban J connectivity index is 1.98. The molecule has 0 heterocycles. The largest absolute Gasteiger partial charge is 0.487 e. The summed E-state index contributed by atoms with van der Waals surface area (Å²) in [6.07, 6.45) is 3.23. The number of hydrogen-bond donors (Lipinski definition) is 1. The van der Waals surface area contributed by atoms with E-state index in [0.29, 0.717) is 24.8 Å². The van der Waals surface area contributed by atoms with Crippen LogP contribution in [-0.4, -0.2) is 12.6 Å². The first-order chi connectivity index (χ1) is 9.10. The van der Waals surface area contributed by atoms with Gasteiger partial charge >= 0.3 is 0 Å². The number of benzene rings is 1. The Bertz CT molecular complexity index is 409. The van der Waals surface area contributed by atoms with Gasteiger partial charge in [0.2, 0.25) is 0 Å². The van der Waals surface area contributed by atoms with E-state index in [0.717, 1.165) is 19.3 Å². The standard InChI is InChI=1S/C15H21F2NO/c1-3-10(2)9-19-15-13(16)6-11(7-14(15)17)8-18-12-4-5-12/h6-7,10,12,18H,3-5,8-9H2,1-2H3. The molecule has 0 saturated heterocycles. The van der Waals surface area contributed by atoms with Crippen molar-refractivity contribution in [2.75, 3.05) is 6.61 Å². The van der Waals surface area contributed by atoms with E-state index in [2.05, 4.69) is 5.32 Å². The van der Waals surface area contributed by atoms with Crippen LogP contribution in [0.1, 0.15) is 38.7 Å². The van der Waals surface area contributed by atoms with Gasteiger partial charge in [0.15, 0.2) is 17.4 Å². The molecule has 19 heavy (non-hydrogen) atoms. The Hall–Kier alpha value is -1.16. The summed E-state index contributed by atoms with van der Waals surface area (Å²) in [6.45, 7) is 4.85. The molecule has 4 heteroatoms. The molecule has 1 saturated carbocycles. The van der Waals surface area contributed by atoms with E-state index >= 15 is 0 Å². The Kier molecular flexibility index (Phi) is 4.75. The van der Waals surface area contributed by atoms with Gasteiger partial charge in [0, 0.05) is 12.6 Å². The van der Waals surface area contributed by atoms with Crippen LogP contribution in [0.25, 0.3) is 0 Å². The fraction of sp³-hybridized carbons (Fsp3) is 0.600. The van der Waals surface area contributed by atoms with E-state index in [-0.39, 0.29) is 11.7 Å². The minimum Gasteiger partial charge on any atom is -0.487 e. The zero-order valence-corrected chi connectivity index (χ0v) is 11.5. The SMILES string of the molecule is CCC(C)COc1c(F)cc(CNC2CC2)cc1F. The fourth-order valence-corrected chi connectivity index (χ4v) is 1.75. The van der Waals surface area contributed by atoms with Crippen molar-refractivity contribution in [1.82, 2.24) is 5.32 Å². The van der Waals surface area contributed by atoms with Gasteiger partial charge in [-0.1, -0.05) is 20.3 Å². The molecule has 0 aliphatic heterocycles. The summed E-state index contributed by atoms with van der Waals surface area (Å²) in [4.78, 5) is 0. The molecule has 0 spiro atoms. The Morgan fingerprint density at radius 2 is 1.95 bits per heavy atom. The van der Waals surface area contributed by atoms with Crippen molar-refractivity contribution in [1.29, 1.82) is 0 Å². The lowest BCUT2D eigenvalue weighted by Gasteiger charge is -2.13. The molecule has 1 aromatic rings. The van der Waals surface area contributed by atoms with Gasteiger partial charge in [-0.15, -0.1) is 0 Å². The highest BCUT2D eigenvalue weighted by molar-refractivity contribution is 5.31. The number of hydrogen-bond acceptors (Lipinski definition) is 2. The van der Waals surface area contributed by atoms with Crippen LogP contribution in [0.3, 0.4) is 0 Å². The highest BCUT2D eigenvalue weighted by Crippen LogP contribution is 2.25. The van der Waals surface area contributed by atoms with Crippen LogP contribution in [0.2, 0.25) is 0 Å². The molecule has 0 aromatic heterocycles. The molecule has 1 fully saturated rings. The van der Waals surface area contributed by atoms with Gasteiger partial charge in [-0.3, -0.25) is 0 Å². The number of halogens is 2. The summed E-state index contributed by atoms with van der Waals surface area (Å²) in [5.74, 6) is -1.20. The van der Waals surface area contributed by atoms with E-state index in [1.165, 1.54) is 12.1 Å². The first kappa shape index (κ1) is 14.3. The second kappa shape index (κ2) is 6.33.